The van der Waals surface area contributed by atoms with Crippen molar-refractivity contribution in [1.82, 2.24) is 9.88 Å². The molecule has 0 fully saturated rings. The number of nitrogens with two attached hydrogens (primary N) is 2. The van der Waals surface area contributed by atoms with Crippen molar-refractivity contribution < 1.29 is 4.79 Å². The van der Waals surface area contributed by atoms with Crippen LogP contribution in [0.1, 0.15) is 5.56 Å². The first-order valence-electron chi connectivity index (χ1n) is 4.72. The van der Waals surface area contributed by atoms with E-state index < -0.39 is 11.9 Å². The van der Waals surface area contributed by atoms with Gasteiger partial charge < -0.3 is 11.5 Å². The molecule has 1 rings (SSSR count). The molecule has 1 atom stereocenters. The van der Waals surface area contributed by atoms with Crippen molar-refractivity contribution in [1.29, 1.82) is 0 Å². The average Bonchev–Trinajstić information content (AvgIpc) is 2.18. The number of aromatic nitrogens is 1. The van der Waals surface area contributed by atoms with Crippen LogP contribution in [-0.4, -0.2) is 35.4 Å². The second-order valence-corrected chi connectivity index (χ2v) is 3.57. The van der Waals surface area contributed by atoms with Gasteiger partial charge >= 0.3 is 0 Å². The van der Waals surface area contributed by atoms with E-state index in [2.05, 4.69) is 4.98 Å². The van der Waals surface area contributed by atoms with E-state index in [1.54, 1.807) is 12.4 Å². The third kappa shape index (κ3) is 4.05. The first-order valence-corrected chi connectivity index (χ1v) is 4.72. The number of carbonyl (C=O) groups excluding carboxylic acids is 1. The van der Waals surface area contributed by atoms with Gasteiger partial charge in [0.2, 0.25) is 5.91 Å². The molecule has 0 spiro atoms. The average molecular weight is 208 g/mol. The quantitative estimate of drug-likeness (QED) is 0.671. The van der Waals surface area contributed by atoms with Gasteiger partial charge in [0.05, 0.1) is 6.04 Å². The maximum atomic E-state index is 10.7. The molecule has 0 aliphatic heterocycles. The van der Waals surface area contributed by atoms with E-state index in [4.69, 9.17) is 11.5 Å². The Kier molecular flexibility index (Phi) is 4.20. The molecule has 1 unspecified atom stereocenters. The summed E-state index contributed by atoms with van der Waals surface area (Å²) in [6, 6.07) is 3.22. The molecule has 0 saturated carbocycles. The first kappa shape index (κ1) is 11.6. The third-order valence-corrected chi connectivity index (χ3v) is 2.05. The number of hydrogen-bond donors (Lipinski definition) is 2. The maximum absolute atomic E-state index is 10.7. The van der Waals surface area contributed by atoms with E-state index in [1.807, 2.05) is 24.1 Å². The lowest BCUT2D eigenvalue weighted by atomic mass is 10.2. The van der Waals surface area contributed by atoms with Gasteiger partial charge in [-0.25, -0.2) is 0 Å². The SMILES string of the molecule is CN(Cc1cccnc1)CC(N)C(N)=O. The third-order valence-electron chi connectivity index (χ3n) is 2.05. The lowest BCUT2D eigenvalue weighted by Crippen LogP contribution is -2.44. The Hall–Kier alpha value is -1.46. The van der Waals surface area contributed by atoms with E-state index in [0.717, 1.165) is 5.56 Å². The highest BCUT2D eigenvalue weighted by molar-refractivity contribution is 5.79. The fourth-order valence-corrected chi connectivity index (χ4v) is 1.29. The van der Waals surface area contributed by atoms with E-state index in [9.17, 15) is 4.79 Å². The molecule has 1 amide bonds. The highest BCUT2D eigenvalue weighted by Crippen LogP contribution is 2.00. The molecule has 82 valence electrons. The van der Waals surface area contributed by atoms with Crippen LogP contribution in [0.25, 0.3) is 0 Å². The highest BCUT2D eigenvalue weighted by atomic mass is 16.1. The summed E-state index contributed by atoms with van der Waals surface area (Å²) in [4.78, 5) is 16.7. The summed E-state index contributed by atoms with van der Waals surface area (Å²) in [6.07, 6.45) is 3.50. The monoisotopic (exact) mass is 208 g/mol. The summed E-state index contributed by atoms with van der Waals surface area (Å²) >= 11 is 0. The first-order chi connectivity index (χ1) is 7.09. The molecule has 4 N–H and O–H groups in total. The van der Waals surface area contributed by atoms with Crippen molar-refractivity contribution >= 4 is 5.91 Å². The van der Waals surface area contributed by atoms with Crippen LogP contribution in [0.15, 0.2) is 24.5 Å². The Morgan fingerprint density at radius 2 is 2.40 bits per heavy atom. The van der Waals surface area contributed by atoms with Gasteiger partial charge in [0.15, 0.2) is 0 Å². The number of amides is 1. The molecule has 1 heterocycles. The molecule has 0 saturated heterocycles. The Morgan fingerprint density at radius 3 is 2.93 bits per heavy atom. The van der Waals surface area contributed by atoms with E-state index in [1.165, 1.54) is 0 Å². The van der Waals surface area contributed by atoms with Gasteiger partial charge in [0.25, 0.3) is 0 Å². The van der Waals surface area contributed by atoms with Crippen molar-refractivity contribution in [2.24, 2.45) is 11.5 Å². The largest absolute Gasteiger partial charge is 0.368 e. The fraction of sp³-hybridized carbons (Fsp3) is 0.400. The topological polar surface area (TPSA) is 85.2 Å². The Morgan fingerprint density at radius 1 is 1.67 bits per heavy atom. The molecule has 0 aliphatic carbocycles. The van der Waals surface area contributed by atoms with E-state index >= 15 is 0 Å². The molecule has 1 aromatic heterocycles. The lowest BCUT2D eigenvalue weighted by Gasteiger charge is -2.19. The predicted molar refractivity (Wildman–Crippen MR) is 57.7 cm³/mol. The zero-order valence-corrected chi connectivity index (χ0v) is 8.76. The van der Waals surface area contributed by atoms with Gasteiger partial charge in [0, 0.05) is 25.5 Å². The highest BCUT2D eigenvalue weighted by Gasteiger charge is 2.11. The number of nitrogens with zero attached hydrogens (tertiary/aromatic N) is 2. The van der Waals surface area contributed by atoms with Crippen LogP contribution in [0.2, 0.25) is 0 Å². The summed E-state index contributed by atoms with van der Waals surface area (Å²) < 4.78 is 0. The Labute approximate surface area is 89.1 Å². The van der Waals surface area contributed by atoms with Crippen molar-refractivity contribution in [3.63, 3.8) is 0 Å². The number of hydrogen-bond acceptors (Lipinski definition) is 4. The zero-order valence-electron chi connectivity index (χ0n) is 8.76. The van der Waals surface area contributed by atoms with E-state index in [0.29, 0.717) is 13.1 Å². The van der Waals surface area contributed by atoms with Crippen LogP contribution in [0, 0.1) is 0 Å². The molecule has 0 aliphatic rings. The van der Waals surface area contributed by atoms with Gasteiger partial charge in [-0.15, -0.1) is 0 Å². The standard InChI is InChI=1S/C10H16N4O/c1-14(7-9(11)10(12)15)6-8-3-2-4-13-5-8/h2-5,9H,6-7,11H2,1H3,(H2,12,15). The van der Waals surface area contributed by atoms with Crippen molar-refractivity contribution in [2.45, 2.75) is 12.6 Å². The Balaban J connectivity index is 2.43. The van der Waals surface area contributed by atoms with Crippen LogP contribution in [0.5, 0.6) is 0 Å². The lowest BCUT2D eigenvalue weighted by molar-refractivity contribution is -0.119. The van der Waals surface area contributed by atoms with Crippen LogP contribution >= 0.6 is 0 Å². The minimum Gasteiger partial charge on any atom is -0.368 e. The van der Waals surface area contributed by atoms with Crippen molar-refractivity contribution in [2.75, 3.05) is 13.6 Å². The van der Waals surface area contributed by atoms with E-state index in [-0.39, 0.29) is 0 Å². The van der Waals surface area contributed by atoms with Crippen molar-refractivity contribution in [3.05, 3.63) is 30.1 Å². The molecular weight excluding hydrogens is 192 g/mol. The number of likely N-dealkylation sites (N-methyl/N-ethyl adjacent to an activating group) is 1. The molecule has 0 aromatic carbocycles. The molecule has 0 bridgehead atoms. The summed E-state index contributed by atoms with van der Waals surface area (Å²) in [7, 11) is 1.88. The normalized spacial score (nSPS) is 12.7. The second-order valence-electron chi connectivity index (χ2n) is 3.57. The van der Waals surface area contributed by atoms with Crippen LogP contribution in [-0.2, 0) is 11.3 Å². The summed E-state index contributed by atoms with van der Waals surface area (Å²) in [5, 5.41) is 0. The maximum Gasteiger partial charge on any atom is 0.235 e. The Bertz CT molecular complexity index is 314. The van der Waals surface area contributed by atoms with Crippen LogP contribution in [0.3, 0.4) is 0 Å². The number of primary amides is 1. The zero-order chi connectivity index (χ0) is 11.3. The molecule has 1 aromatic rings. The summed E-state index contributed by atoms with van der Waals surface area (Å²) in [5.74, 6) is -0.479. The predicted octanol–water partition coefficient (Wildman–Crippen LogP) is -0.674. The molecule has 0 radical (unpaired) electrons. The van der Waals surface area contributed by atoms with Crippen LogP contribution < -0.4 is 11.5 Å². The molecule has 5 nitrogen and oxygen atoms in total. The number of carbonyl (C=O) groups is 1. The summed E-state index contributed by atoms with van der Waals surface area (Å²) in [5.41, 5.74) is 11.7. The van der Waals surface area contributed by atoms with Gasteiger partial charge in [-0.3, -0.25) is 14.7 Å². The number of rotatable bonds is 5. The minimum atomic E-state index is -0.619. The number of pyridine rings is 1. The molecule has 5 heteroatoms. The molecular formula is C10H16N4O. The van der Waals surface area contributed by atoms with Gasteiger partial charge in [-0.2, -0.15) is 0 Å². The van der Waals surface area contributed by atoms with Crippen molar-refractivity contribution in [3.8, 4) is 0 Å². The smallest absolute Gasteiger partial charge is 0.235 e. The van der Waals surface area contributed by atoms with Gasteiger partial charge in [0.1, 0.15) is 0 Å². The second kappa shape index (κ2) is 5.43. The summed E-state index contributed by atoms with van der Waals surface area (Å²) in [6.45, 7) is 1.15. The van der Waals surface area contributed by atoms with Gasteiger partial charge in [-0.1, -0.05) is 6.07 Å². The fourth-order valence-electron chi connectivity index (χ4n) is 1.29. The van der Waals surface area contributed by atoms with Crippen LogP contribution in [0.4, 0.5) is 0 Å². The molecule has 15 heavy (non-hydrogen) atoms. The van der Waals surface area contributed by atoms with Gasteiger partial charge in [-0.05, 0) is 18.7 Å². The minimum absolute atomic E-state index is 0.449.